The summed E-state index contributed by atoms with van der Waals surface area (Å²) in [5.74, 6) is 0. The van der Waals surface area contributed by atoms with Gasteiger partial charge in [0.25, 0.3) is 6.71 Å². The summed E-state index contributed by atoms with van der Waals surface area (Å²) < 4.78 is 4.65. The van der Waals surface area contributed by atoms with E-state index in [0.717, 1.165) is 94.1 Å². The molecule has 0 bridgehead atoms. The summed E-state index contributed by atoms with van der Waals surface area (Å²) in [4.78, 5) is 2.14. The third kappa shape index (κ3) is 4.56. The minimum absolute atomic E-state index is 0.224. The van der Waals surface area contributed by atoms with Crippen molar-refractivity contribution < 1.29 is 0 Å². The van der Waals surface area contributed by atoms with E-state index < -0.39 is 0 Å². The highest BCUT2D eigenvalue weighted by molar-refractivity contribution is 7.00. The maximum absolute atomic E-state index is 11.9. The Morgan fingerprint density at radius 2 is 0.774 bits per heavy atom. The highest BCUT2D eigenvalue weighted by atomic mass is 15.2. The summed E-state index contributed by atoms with van der Waals surface area (Å²) in [5.41, 5.74) is 16.7. The molecule has 284 valence electrons. The molecule has 13 rings (SSSR count). The lowest BCUT2D eigenvalue weighted by Gasteiger charge is -2.37. The van der Waals surface area contributed by atoms with Crippen molar-refractivity contribution >= 4 is 83.8 Å². The van der Waals surface area contributed by atoms with Gasteiger partial charge in [0.1, 0.15) is 23.3 Å². The van der Waals surface area contributed by atoms with Crippen LogP contribution >= 0.6 is 0 Å². The average molecular weight is 786 g/mol. The van der Waals surface area contributed by atoms with Crippen LogP contribution < -0.4 is 21.3 Å². The van der Waals surface area contributed by atoms with E-state index in [-0.39, 0.29) is 6.71 Å². The van der Waals surface area contributed by atoms with Gasteiger partial charge in [-0.15, -0.1) is 0 Å². The summed E-state index contributed by atoms with van der Waals surface area (Å²) in [7, 11) is 0. The van der Waals surface area contributed by atoms with E-state index >= 15 is 0 Å². The predicted octanol–water partition coefficient (Wildman–Crippen LogP) is 11.6. The minimum Gasteiger partial charge on any atom is -0.309 e. The second-order valence-electron chi connectivity index (χ2n) is 16.2. The van der Waals surface area contributed by atoms with E-state index in [9.17, 15) is 10.5 Å². The van der Waals surface area contributed by atoms with Gasteiger partial charge in [-0.05, 0) is 75.0 Å². The van der Waals surface area contributed by atoms with Crippen LogP contribution in [0.25, 0.3) is 77.2 Å². The van der Waals surface area contributed by atoms with Crippen molar-refractivity contribution in [2.75, 3.05) is 4.90 Å². The van der Waals surface area contributed by atoms with E-state index in [1.807, 2.05) is 36.4 Å². The molecule has 0 N–H and O–H groups in total. The summed E-state index contributed by atoms with van der Waals surface area (Å²) in [6, 6.07) is 73.4. The molecule has 2 aromatic heterocycles. The van der Waals surface area contributed by atoms with Crippen LogP contribution in [0.15, 0.2) is 194 Å². The number of benzene rings is 9. The van der Waals surface area contributed by atoms with Crippen molar-refractivity contribution in [2.45, 2.75) is 0 Å². The Hall–Kier alpha value is -8.58. The summed E-state index contributed by atoms with van der Waals surface area (Å²) in [6.45, 7) is -0.224. The van der Waals surface area contributed by atoms with Gasteiger partial charge in [-0.25, -0.2) is 0 Å². The topological polar surface area (TPSA) is 60.7 Å². The molecule has 0 saturated carbocycles. The van der Waals surface area contributed by atoms with Gasteiger partial charge in [0.05, 0.1) is 28.1 Å². The van der Waals surface area contributed by atoms with Gasteiger partial charge in [0.2, 0.25) is 0 Å². The highest BCUT2D eigenvalue weighted by Gasteiger charge is 2.45. The minimum atomic E-state index is -0.224. The average Bonchev–Trinajstić information content (AvgIpc) is 3.86. The largest absolute Gasteiger partial charge is 0.309 e. The van der Waals surface area contributed by atoms with E-state index in [4.69, 9.17) is 0 Å². The number of rotatable bonds is 5. The molecule has 0 radical (unpaired) electrons. The van der Waals surface area contributed by atoms with Crippen molar-refractivity contribution in [3.8, 4) is 45.8 Å². The molecule has 0 saturated heterocycles. The lowest BCUT2D eigenvalue weighted by atomic mass is 9.34. The fourth-order valence-electron chi connectivity index (χ4n) is 10.7. The fraction of sp³-hybridized carbons (Fsp3) is 0. The van der Waals surface area contributed by atoms with Crippen LogP contribution in [0.4, 0.5) is 17.1 Å². The molecule has 0 fully saturated rings. The van der Waals surface area contributed by atoms with Gasteiger partial charge in [0, 0.05) is 44.0 Å². The van der Waals surface area contributed by atoms with Gasteiger partial charge >= 0.3 is 0 Å². The number of nitrogens with zero attached hydrogens (tertiary/aromatic N) is 5. The Labute approximate surface area is 357 Å². The smallest absolute Gasteiger partial charge is 0.252 e. The molecule has 62 heavy (non-hydrogen) atoms. The van der Waals surface area contributed by atoms with E-state index in [1.165, 1.54) is 10.9 Å². The lowest BCUT2D eigenvalue weighted by molar-refractivity contribution is 1.11. The van der Waals surface area contributed by atoms with Crippen molar-refractivity contribution in [1.82, 2.24) is 9.13 Å². The number of para-hydroxylation sites is 4. The molecule has 0 amide bonds. The summed E-state index contributed by atoms with van der Waals surface area (Å²) in [6.07, 6.45) is 0. The first kappa shape index (κ1) is 34.3. The third-order valence-corrected chi connectivity index (χ3v) is 13.2. The molecule has 0 spiro atoms. The first-order chi connectivity index (χ1) is 30.7. The van der Waals surface area contributed by atoms with Crippen molar-refractivity contribution in [1.29, 1.82) is 10.5 Å². The van der Waals surface area contributed by atoms with Gasteiger partial charge < -0.3 is 14.0 Å². The highest BCUT2D eigenvalue weighted by Crippen LogP contribution is 2.48. The summed E-state index contributed by atoms with van der Waals surface area (Å²) in [5, 5.41) is 28.3. The molecule has 5 nitrogen and oxygen atoms in total. The number of nitriles is 2. The van der Waals surface area contributed by atoms with Crippen molar-refractivity contribution in [2.24, 2.45) is 0 Å². The molecular formula is C56H32BN5. The van der Waals surface area contributed by atoms with Gasteiger partial charge in [-0.2, -0.15) is 10.5 Å². The van der Waals surface area contributed by atoms with Crippen molar-refractivity contribution in [3.63, 3.8) is 0 Å². The number of aromatic nitrogens is 2. The predicted molar refractivity (Wildman–Crippen MR) is 255 cm³/mol. The van der Waals surface area contributed by atoms with E-state index in [1.54, 1.807) is 0 Å². The van der Waals surface area contributed by atoms with Crippen LogP contribution in [0.2, 0.25) is 0 Å². The number of fused-ring (bicyclic) bond motifs is 10. The Morgan fingerprint density at radius 1 is 0.387 bits per heavy atom. The Kier molecular flexibility index (Phi) is 7.17. The van der Waals surface area contributed by atoms with Crippen LogP contribution in [0, 0.1) is 22.7 Å². The standard InChI is InChI=1S/C56H32BN5/c58-33-45-52(60(39-29-25-37(26-30-39)35-13-3-1-4-14-35)40-31-27-38(28-32-40)36-15-5-2-6-16-36)46(34-59)56-51-55(45)61-49-23-9-7-17-41(49)43-19-11-21-47(53(43)61)57(51)48-22-12-20-44-42-18-8-10-24-50(42)62(56)54(44)48/h1-32H. The van der Waals surface area contributed by atoms with Crippen LogP contribution in [0.3, 0.4) is 0 Å². The van der Waals surface area contributed by atoms with Crippen LogP contribution in [0.1, 0.15) is 11.1 Å². The number of hydrogen-bond donors (Lipinski definition) is 0. The maximum atomic E-state index is 11.9. The summed E-state index contributed by atoms with van der Waals surface area (Å²) >= 11 is 0. The molecular weight excluding hydrogens is 753 g/mol. The first-order valence-electron chi connectivity index (χ1n) is 20.9. The zero-order chi connectivity index (χ0) is 41.1. The van der Waals surface area contributed by atoms with Crippen molar-refractivity contribution in [3.05, 3.63) is 205 Å². The normalized spacial score (nSPS) is 12.1. The maximum Gasteiger partial charge on any atom is 0.252 e. The third-order valence-electron chi connectivity index (χ3n) is 13.2. The number of anilines is 3. The van der Waals surface area contributed by atoms with Crippen LogP contribution in [-0.4, -0.2) is 15.8 Å². The monoisotopic (exact) mass is 785 g/mol. The molecule has 0 unspecified atom stereocenters. The Morgan fingerprint density at radius 3 is 1.21 bits per heavy atom. The molecule has 0 atom stereocenters. The fourth-order valence-corrected chi connectivity index (χ4v) is 10.7. The van der Waals surface area contributed by atoms with Gasteiger partial charge in [0.15, 0.2) is 0 Å². The molecule has 4 heterocycles. The second kappa shape index (κ2) is 13.0. The molecule has 2 aliphatic rings. The molecule has 11 aromatic rings. The molecule has 6 heteroatoms. The Bertz CT molecular complexity index is 3510. The zero-order valence-corrected chi connectivity index (χ0v) is 33.3. The Balaban J connectivity index is 1.20. The van der Waals surface area contributed by atoms with Gasteiger partial charge in [-0.3, -0.25) is 0 Å². The van der Waals surface area contributed by atoms with Crippen LogP contribution in [0.5, 0.6) is 0 Å². The molecule has 0 aliphatic carbocycles. The second-order valence-corrected chi connectivity index (χ2v) is 16.2. The quantitative estimate of drug-likeness (QED) is 0.163. The SMILES string of the molecule is N#Cc1c(N(c2ccc(-c3ccccc3)cc2)c2ccc(-c3ccccc3)cc2)c(C#N)c2c3c1-n1c4ccccc4c4cccc(c41)B3c1cccc3c4ccccc4n-2c13. The lowest BCUT2D eigenvalue weighted by Crippen LogP contribution is -2.60. The van der Waals surface area contributed by atoms with Crippen LogP contribution in [-0.2, 0) is 0 Å². The first-order valence-corrected chi connectivity index (χ1v) is 20.9. The van der Waals surface area contributed by atoms with Gasteiger partial charge in [-0.1, -0.05) is 158 Å². The zero-order valence-electron chi connectivity index (χ0n) is 33.3. The molecule has 2 aliphatic heterocycles. The number of hydrogen-bond acceptors (Lipinski definition) is 3. The molecule has 9 aromatic carbocycles. The van der Waals surface area contributed by atoms with E-state index in [2.05, 4.69) is 184 Å². The van der Waals surface area contributed by atoms with E-state index in [0.29, 0.717) is 16.8 Å².